The van der Waals surface area contributed by atoms with E-state index in [1.807, 2.05) is 0 Å². The maximum atomic E-state index is 12.2. The minimum absolute atomic E-state index is 0.0766. The Morgan fingerprint density at radius 1 is 1.47 bits per heavy atom. The average molecular weight is 326 g/mol. The number of nitrogens with one attached hydrogen (secondary N) is 1. The van der Waals surface area contributed by atoms with Crippen LogP contribution < -0.4 is 11.1 Å². The summed E-state index contributed by atoms with van der Waals surface area (Å²) in [5.41, 5.74) is 7.04. The number of likely N-dealkylation sites (N-methyl/N-ethyl adjacent to an activating group) is 1. The minimum atomic E-state index is -0.0766. The van der Waals surface area contributed by atoms with Gasteiger partial charge in [-0.1, -0.05) is 0 Å². The average Bonchev–Trinajstić information content (AvgIpc) is 2.30. The van der Waals surface area contributed by atoms with Crippen molar-refractivity contribution in [3.8, 4) is 0 Å². The predicted molar refractivity (Wildman–Crippen MR) is 81.2 cm³/mol. The van der Waals surface area contributed by atoms with Crippen LogP contribution in [0.1, 0.15) is 29.6 Å². The number of benzene rings is 1. The lowest BCUT2D eigenvalue weighted by Gasteiger charge is -2.47. The molecule has 0 bridgehead atoms. The summed E-state index contributed by atoms with van der Waals surface area (Å²) in [6, 6.07) is 5.27. The number of amides is 1. The molecule has 19 heavy (non-hydrogen) atoms. The molecule has 1 aliphatic rings. The van der Waals surface area contributed by atoms with Crippen LogP contribution in [0.25, 0.3) is 0 Å². The van der Waals surface area contributed by atoms with Crippen molar-refractivity contribution in [3.63, 3.8) is 0 Å². The van der Waals surface area contributed by atoms with Crippen LogP contribution in [0.3, 0.4) is 0 Å². The minimum Gasteiger partial charge on any atom is -0.399 e. The van der Waals surface area contributed by atoms with Gasteiger partial charge in [0.2, 0.25) is 0 Å². The molecule has 0 aliphatic heterocycles. The Kier molecular flexibility index (Phi) is 4.16. The van der Waals surface area contributed by atoms with E-state index in [-0.39, 0.29) is 11.4 Å². The number of hydrogen-bond donors (Lipinski definition) is 2. The molecule has 4 nitrogen and oxygen atoms in total. The van der Waals surface area contributed by atoms with Gasteiger partial charge in [-0.25, -0.2) is 0 Å². The molecule has 0 aromatic heterocycles. The van der Waals surface area contributed by atoms with Gasteiger partial charge in [0, 0.05) is 22.2 Å². The van der Waals surface area contributed by atoms with E-state index in [4.69, 9.17) is 5.73 Å². The van der Waals surface area contributed by atoms with Gasteiger partial charge in [-0.15, -0.1) is 0 Å². The lowest BCUT2D eigenvalue weighted by atomic mass is 9.75. The van der Waals surface area contributed by atoms with Gasteiger partial charge in [0.25, 0.3) is 5.91 Å². The Morgan fingerprint density at radius 2 is 2.16 bits per heavy atom. The second kappa shape index (κ2) is 5.51. The fourth-order valence-electron chi connectivity index (χ4n) is 2.42. The lowest BCUT2D eigenvalue weighted by Crippen LogP contribution is -2.57. The van der Waals surface area contributed by atoms with E-state index in [0.29, 0.717) is 17.8 Å². The van der Waals surface area contributed by atoms with Crippen LogP contribution in [0.2, 0.25) is 0 Å². The number of carbonyl (C=O) groups is 1. The zero-order valence-corrected chi connectivity index (χ0v) is 13.0. The van der Waals surface area contributed by atoms with Gasteiger partial charge in [0.1, 0.15) is 0 Å². The van der Waals surface area contributed by atoms with E-state index in [9.17, 15) is 4.79 Å². The molecule has 2 rings (SSSR count). The fourth-order valence-corrected chi connectivity index (χ4v) is 2.85. The molecule has 5 heteroatoms. The van der Waals surface area contributed by atoms with Crippen molar-refractivity contribution in [2.75, 3.05) is 26.4 Å². The first-order chi connectivity index (χ1) is 8.94. The molecule has 0 unspecified atom stereocenters. The van der Waals surface area contributed by atoms with E-state index in [0.717, 1.165) is 17.3 Å². The number of nitrogens with zero attached hydrogens (tertiary/aromatic N) is 1. The van der Waals surface area contributed by atoms with Crippen LogP contribution in [0.4, 0.5) is 5.69 Å². The number of nitrogens with two attached hydrogens (primary N) is 1. The molecule has 0 saturated heterocycles. The van der Waals surface area contributed by atoms with Gasteiger partial charge in [-0.2, -0.15) is 0 Å². The van der Waals surface area contributed by atoms with Crippen molar-refractivity contribution in [2.24, 2.45) is 0 Å². The Balaban J connectivity index is 2.03. The summed E-state index contributed by atoms with van der Waals surface area (Å²) in [6.45, 7) is 0.681. The molecule has 0 heterocycles. The maximum absolute atomic E-state index is 12.2. The first-order valence-electron chi connectivity index (χ1n) is 6.45. The Morgan fingerprint density at radius 3 is 2.68 bits per heavy atom. The normalized spacial score (nSPS) is 17.1. The van der Waals surface area contributed by atoms with Crippen LogP contribution in [-0.2, 0) is 0 Å². The molecular formula is C14H20BrN3O. The predicted octanol–water partition coefficient (Wildman–Crippen LogP) is 2.25. The van der Waals surface area contributed by atoms with Crippen molar-refractivity contribution in [1.29, 1.82) is 0 Å². The van der Waals surface area contributed by atoms with E-state index >= 15 is 0 Å². The molecule has 1 aliphatic carbocycles. The summed E-state index contributed by atoms with van der Waals surface area (Å²) in [7, 11) is 4.14. The third-order valence-corrected chi connectivity index (χ3v) is 4.74. The van der Waals surface area contributed by atoms with Crippen molar-refractivity contribution < 1.29 is 4.79 Å². The van der Waals surface area contributed by atoms with Crippen molar-refractivity contribution >= 4 is 27.5 Å². The standard InChI is InChI=1S/C14H20BrN3O/c1-18(2)14(6-3-7-14)9-17-13(19)11-8-10(16)4-5-12(11)15/h4-5,8H,3,6-7,9,16H2,1-2H3,(H,17,19). The van der Waals surface area contributed by atoms with Crippen LogP contribution in [0.15, 0.2) is 22.7 Å². The second-order valence-corrected chi connectivity index (χ2v) is 6.25. The zero-order valence-electron chi connectivity index (χ0n) is 11.4. The fraction of sp³-hybridized carbons (Fsp3) is 0.500. The molecule has 104 valence electrons. The molecule has 1 saturated carbocycles. The number of rotatable bonds is 4. The maximum Gasteiger partial charge on any atom is 0.252 e. The highest BCUT2D eigenvalue weighted by Gasteiger charge is 2.39. The highest BCUT2D eigenvalue weighted by atomic mass is 79.9. The summed E-state index contributed by atoms with van der Waals surface area (Å²) >= 11 is 3.38. The van der Waals surface area contributed by atoms with Crippen LogP contribution in [0, 0.1) is 0 Å². The summed E-state index contributed by atoms with van der Waals surface area (Å²) < 4.78 is 0.770. The van der Waals surface area contributed by atoms with Crippen molar-refractivity contribution in [1.82, 2.24) is 10.2 Å². The smallest absolute Gasteiger partial charge is 0.252 e. The molecule has 0 atom stereocenters. The molecule has 0 radical (unpaired) electrons. The lowest BCUT2D eigenvalue weighted by molar-refractivity contribution is 0.0557. The van der Waals surface area contributed by atoms with Crippen molar-refractivity contribution in [2.45, 2.75) is 24.8 Å². The Labute approximate surface area is 122 Å². The van der Waals surface area contributed by atoms with E-state index in [2.05, 4.69) is 40.2 Å². The summed E-state index contributed by atoms with van der Waals surface area (Å²) in [4.78, 5) is 14.4. The monoisotopic (exact) mass is 325 g/mol. The molecular weight excluding hydrogens is 306 g/mol. The molecule has 1 aromatic carbocycles. The Bertz CT molecular complexity index is 484. The third kappa shape index (κ3) is 2.92. The van der Waals surface area contributed by atoms with E-state index in [1.165, 1.54) is 6.42 Å². The number of nitrogen functional groups attached to an aromatic ring is 1. The van der Waals surface area contributed by atoms with Crippen LogP contribution in [0.5, 0.6) is 0 Å². The molecule has 3 N–H and O–H groups in total. The van der Waals surface area contributed by atoms with Gasteiger partial charge in [0.15, 0.2) is 0 Å². The van der Waals surface area contributed by atoms with E-state index < -0.39 is 0 Å². The molecule has 1 aromatic rings. The largest absolute Gasteiger partial charge is 0.399 e. The van der Waals surface area contributed by atoms with Crippen LogP contribution >= 0.6 is 15.9 Å². The SMILES string of the molecule is CN(C)C1(CNC(=O)c2cc(N)ccc2Br)CCC1. The van der Waals surface area contributed by atoms with Gasteiger partial charge in [0.05, 0.1) is 5.56 Å². The number of hydrogen-bond acceptors (Lipinski definition) is 3. The van der Waals surface area contributed by atoms with Gasteiger partial charge >= 0.3 is 0 Å². The highest BCUT2D eigenvalue weighted by molar-refractivity contribution is 9.10. The number of anilines is 1. The summed E-state index contributed by atoms with van der Waals surface area (Å²) in [5.74, 6) is -0.0766. The third-order valence-electron chi connectivity index (χ3n) is 4.05. The van der Waals surface area contributed by atoms with Crippen molar-refractivity contribution in [3.05, 3.63) is 28.2 Å². The van der Waals surface area contributed by atoms with Crippen LogP contribution in [-0.4, -0.2) is 37.0 Å². The first-order valence-corrected chi connectivity index (χ1v) is 7.25. The number of carbonyl (C=O) groups excluding carboxylic acids is 1. The second-order valence-electron chi connectivity index (χ2n) is 5.39. The van der Waals surface area contributed by atoms with E-state index in [1.54, 1.807) is 18.2 Å². The Hall–Kier alpha value is -1.07. The molecule has 1 fully saturated rings. The summed E-state index contributed by atoms with van der Waals surface area (Å²) in [6.07, 6.45) is 3.51. The molecule has 1 amide bonds. The topological polar surface area (TPSA) is 58.4 Å². The molecule has 0 spiro atoms. The number of halogens is 1. The quantitative estimate of drug-likeness (QED) is 0.835. The zero-order chi connectivity index (χ0) is 14.0. The summed E-state index contributed by atoms with van der Waals surface area (Å²) in [5, 5.41) is 3.02. The van der Waals surface area contributed by atoms with Gasteiger partial charge in [-0.3, -0.25) is 4.79 Å². The highest BCUT2D eigenvalue weighted by Crippen LogP contribution is 2.35. The first kappa shape index (κ1) is 14.3. The van der Waals surface area contributed by atoms with Gasteiger partial charge < -0.3 is 16.0 Å². The van der Waals surface area contributed by atoms with Gasteiger partial charge in [-0.05, 0) is 67.5 Å².